The molecule has 0 spiro atoms. The van der Waals surface area contributed by atoms with Crippen molar-refractivity contribution in [1.82, 2.24) is 0 Å². The average Bonchev–Trinajstić information content (AvgIpc) is 2.27. The Labute approximate surface area is 113 Å². The third-order valence-corrected chi connectivity index (χ3v) is 13.7. The van der Waals surface area contributed by atoms with Crippen LogP contribution in [0.4, 0.5) is 0 Å². The number of rotatable bonds is 4. The Kier molecular flexibility index (Phi) is 5.01. The maximum absolute atomic E-state index is 9.73. The summed E-state index contributed by atoms with van der Waals surface area (Å²) in [6, 6.07) is 7.45. The van der Waals surface area contributed by atoms with Crippen LogP contribution in [-0.4, -0.2) is 11.8 Å². The summed E-state index contributed by atoms with van der Waals surface area (Å²) in [5.41, 5.74) is 4.44. The molecule has 0 aliphatic heterocycles. The molecule has 94 valence electrons. The molecule has 0 saturated heterocycles. The van der Waals surface area contributed by atoms with Crippen molar-refractivity contribution in [2.24, 2.45) is 0 Å². The summed E-state index contributed by atoms with van der Waals surface area (Å²) in [5.74, 6) is 0.347. The van der Waals surface area contributed by atoms with Crippen LogP contribution in [-0.2, 0) is 0 Å². The zero-order valence-corrected chi connectivity index (χ0v) is 13.5. The Morgan fingerprint density at radius 3 is 2.12 bits per heavy atom. The van der Waals surface area contributed by atoms with E-state index in [1.54, 1.807) is 6.07 Å². The van der Waals surface area contributed by atoms with Crippen LogP contribution in [0.1, 0.15) is 33.3 Å². The van der Waals surface area contributed by atoms with E-state index in [1.165, 1.54) is 0 Å². The van der Waals surface area contributed by atoms with Crippen LogP contribution in [0.25, 0.3) is 6.08 Å². The minimum Gasteiger partial charge on any atom is -0.507 e. The predicted molar refractivity (Wildman–Crippen MR) is 82.0 cm³/mol. The normalized spacial score (nSPS) is 12.9. The highest BCUT2D eigenvalue weighted by Gasteiger charge is 2.34. The molecule has 0 atom stereocenters. The highest BCUT2D eigenvalue weighted by Crippen LogP contribution is 2.39. The monoisotopic (exact) mass is 312 g/mol. The van der Waals surface area contributed by atoms with Crippen molar-refractivity contribution >= 4 is 28.1 Å². The van der Waals surface area contributed by atoms with Gasteiger partial charge in [0.25, 0.3) is 0 Å². The molecule has 0 aliphatic rings. The number of halogens is 1. The lowest BCUT2D eigenvalue weighted by Crippen LogP contribution is -2.31. The first kappa shape index (κ1) is 14.5. The zero-order chi connectivity index (χ0) is 13.1. The molecule has 1 aromatic rings. The van der Waals surface area contributed by atoms with Crippen molar-refractivity contribution in [1.29, 1.82) is 0 Å². The van der Waals surface area contributed by atoms with Crippen molar-refractivity contribution in [3.63, 3.8) is 0 Å². The van der Waals surface area contributed by atoms with Crippen molar-refractivity contribution in [2.45, 2.75) is 38.8 Å². The number of hydrogen-bond donors (Lipinski definition) is 1. The maximum Gasteiger partial charge on any atom is 0.158 e. The highest BCUT2D eigenvalue weighted by atomic mass is 79.9. The van der Waals surface area contributed by atoms with Crippen molar-refractivity contribution in [2.75, 3.05) is 0 Å². The molecular weight excluding hydrogens is 292 g/mol. The lowest BCUT2D eigenvalue weighted by atomic mass is 10.2. The van der Waals surface area contributed by atoms with E-state index in [4.69, 9.17) is 0 Å². The van der Waals surface area contributed by atoms with Gasteiger partial charge in [0.05, 0.1) is 0 Å². The first-order valence-corrected chi connectivity index (χ1v) is 10.5. The fourth-order valence-electron chi connectivity index (χ4n) is 1.90. The summed E-state index contributed by atoms with van der Waals surface area (Å²) < 4.78 is 0. The number of aromatic hydroxyl groups is 1. The van der Waals surface area contributed by atoms with E-state index in [2.05, 4.69) is 54.8 Å². The summed E-state index contributed by atoms with van der Waals surface area (Å²) in [4.78, 5) is 0. The minimum absolute atomic E-state index is 0.347. The van der Waals surface area contributed by atoms with E-state index in [0.717, 1.165) is 5.56 Å². The smallest absolute Gasteiger partial charge is 0.158 e. The Bertz CT molecular complexity index is 391. The van der Waals surface area contributed by atoms with Crippen LogP contribution < -0.4 is 0 Å². The van der Waals surface area contributed by atoms with Crippen LogP contribution in [0.3, 0.4) is 0 Å². The zero-order valence-electron chi connectivity index (χ0n) is 10.9. The van der Waals surface area contributed by atoms with E-state index in [1.807, 2.05) is 18.2 Å². The van der Waals surface area contributed by atoms with E-state index in [9.17, 15) is 5.11 Å². The summed E-state index contributed by atoms with van der Waals surface area (Å²) in [6.07, 6.45) is 2.05. The molecule has 1 nitrogen and oxygen atoms in total. The number of hydrogen-bond acceptors (Lipinski definition) is 1. The van der Waals surface area contributed by atoms with E-state index < -0.39 is 6.69 Å². The van der Waals surface area contributed by atoms with E-state index in [-0.39, 0.29) is 0 Å². The highest BCUT2D eigenvalue weighted by molar-refractivity contribution is 9.26. The molecule has 1 rings (SSSR count). The predicted octanol–water partition coefficient (Wildman–Crippen LogP) is 5.11. The summed E-state index contributed by atoms with van der Waals surface area (Å²) in [5, 5.41) is 9.73. The molecule has 0 heterocycles. The van der Waals surface area contributed by atoms with Gasteiger partial charge < -0.3 is 5.11 Å². The fraction of sp³-hybridized carbons (Fsp3) is 0.429. The molecule has 0 radical (unpaired) electrons. The molecule has 3 heteroatoms. The Balaban J connectivity index is 3.00. The lowest BCUT2D eigenvalue weighted by Gasteiger charge is -2.30. The summed E-state index contributed by atoms with van der Waals surface area (Å²) in [6.45, 7) is 7.45. The van der Waals surface area contributed by atoms with Crippen LogP contribution in [0.5, 0.6) is 5.75 Å². The van der Waals surface area contributed by atoms with Gasteiger partial charge in [0.15, 0.2) is 6.69 Å². The standard InChI is InChI=1S/C14H21BrOSi/c1-11(2)17(15,12(3)4)10-9-13-7-5-6-8-14(13)16/h5-12,16H,1-4H3. The minimum atomic E-state index is -1.59. The van der Waals surface area contributed by atoms with Gasteiger partial charge >= 0.3 is 0 Å². The van der Waals surface area contributed by atoms with E-state index >= 15 is 0 Å². The first-order chi connectivity index (χ1) is 7.88. The van der Waals surface area contributed by atoms with Gasteiger partial charge in [0.2, 0.25) is 0 Å². The van der Waals surface area contributed by atoms with Gasteiger partial charge in [-0.2, -0.15) is 0 Å². The molecular formula is C14H21BrOSi. The number of phenolic OH excluding ortho intramolecular Hbond substituents is 1. The van der Waals surface area contributed by atoms with Gasteiger partial charge in [-0.3, -0.25) is 0 Å². The summed E-state index contributed by atoms with van der Waals surface area (Å²) >= 11 is 3.97. The largest absolute Gasteiger partial charge is 0.507 e. The Hall–Kier alpha value is -0.543. The van der Waals surface area contributed by atoms with E-state index in [0.29, 0.717) is 16.8 Å². The lowest BCUT2D eigenvalue weighted by molar-refractivity contribution is 0.474. The second-order valence-electron chi connectivity index (χ2n) is 5.03. The van der Waals surface area contributed by atoms with Gasteiger partial charge in [-0.1, -0.05) is 57.7 Å². The third-order valence-electron chi connectivity index (χ3n) is 3.22. The molecule has 1 aromatic carbocycles. The topological polar surface area (TPSA) is 20.2 Å². The molecule has 0 aliphatic carbocycles. The average molecular weight is 313 g/mol. The van der Waals surface area contributed by atoms with Crippen molar-refractivity contribution in [3.05, 3.63) is 35.5 Å². The van der Waals surface area contributed by atoms with Gasteiger partial charge in [-0.25, -0.2) is 0 Å². The van der Waals surface area contributed by atoms with Crippen LogP contribution in [0.15, 0.2) is 30.0 Å². The first-order valence-electron chi connectivity index (χ1n) is 6.04. The number of para-hydroxylation sites is 1. The Morgan fingerprint density at radius 2 is 1.65 bits per heavy atom. The molecule has 0 unspecified atom stereocenters. The van der Waals surface area contributed by atoms with Crippen molar-refractivity contribution < 1.29 is 5.11 Å². The van der Waals surface area contributed by atoms with Crippen LogP contribution >= 0.6 is 15.3 Å². The van der Waals surface area contributed by atoms with Crippen LogP contribution in [0.2, 0.25) is 11.1 Å². The number of benzene rings is 1. The number of phenols is 1. The quantitative estimate of drug-likeness (QED) is 0.605. The third kappa shape index (κ3) is 3.46. The van der Waals surface area contributed by atoms with Gasteiger partial charge in [0.1, 0.15) is 5.75 Å². The molecule has 0 fully saturated rings. The molecule has 0 bridgehead atoms. The SMILES string of the molecule is CC(C)[Si](Br)(C=Cc1ccccc1O)C(C)C. The second-order valence-corrected chi connectivity index (χ2v) is 13.4. The molecule has 17 heavy (non-hydrogen) atoms. The summed E-state index contributed by atoms with van der Waals surface area (Å²) in [7, 11) is 0. The van der Waals surface area contributed by atoms with Crippen LogP contribution in [0, 0.1) is 0 Å². The molecule has 1 N–H and O–H groups in total. The molecule has 0 aromatic heterocycles. The fourth-order valence-corrected chi connectivity index (χ4v) is 4.83. The molecule has 0 saturated carbocycles. The van der Waals surface area contributed by atoms with Gasteiger partial charge in [-0.05, 0) is 17.1 Å². The van der Waals surface area contributed by atoms with Gasteiger partial charge in [-0.15, -0.1) is 15.3 Å². The maximum atomic E-state index is 9.73. The van der Waals surface area contributed by atoms with Crippen molar-refractivity contribution in [3.8, 4) is 5.75 Å². The molecule has 0 amide bonds. The second kappa shape index (κ2) is 5.87. The van der Waals surface area contributed by atoms with Gasteiger partial charge in [0, 0.05) is 5.56 Å². The Morgan fingerprint density at radius 1 is 1.12 bits per heavy atom.